The Bertz CT molecular complexity index is 878. The molecule has 6 heteroatoms. The third kappa shape index (κ3) is 4.78. The lowest BCUT2D eigenvalue weighted by molar-refractivity contribution is -0.980. The molecule has 26 heavy (non-hydrogen) atoms. The zero-order chi connectivity index (χ0) is 18.8. The van der Waals surface area contributed by atoms with Crippen LogP contribution in [0.1, 0.15) is 11.1 Å². The Balaban J connectivity index is 0.000000349. The van der Waals surface area contributed by atoms with Crippen LogP contribution >= 0.6 is 0 Å². The monoisotopic (exact) mass is 375 g/mol. The second kappa shape index (κ2) is 7.31. The Hall–Kier alpha value is -2.02. The lowest BCUT2D eigenvalue weighted by Gasteiger charge is -2.54. The Morgan fingerprint density at radius 3 is 2.15 bits per heavy atom. The van der Waals surface area contributed by atoms with E-state index in [0.717, 1.165) is 13.1 Å². The van der Waals surface area contributed by atoms with Crippen molar-refractivity contribution in [1.29, 1.82) is 0 Å². The second-order valence-electron chi connectivity index (χ2n) is 7.10. The van der Waals surface area contributed by atoms with Crippen molar-refractivity contribution in [3.8, 4) is 0 Å². The molecule has 138 valence electrons. The van der Waals surface area contributed by atoms with Crippen LogP contribution in [0.15, 0.2) is 60.7 Å². The molecule has 0 radical (unpaired) electrons. The molecule has 5 rings (SSSR count). The van der Waals surface area contributed by atoms with E-state index in [-0.39, 0.29) is 5.82 Å². The van der Waals surface area contributed by atoms with Crippen molar-refractivity contribution < 1.29 is 21.8 Å². The van der Waals surface area contributed by atoms with Crippen LogP contribution in [0.2, 0.25) is 0 Å². The lowest BCUT2D eigenvalue weighted by Crippen LogP contribution is -2.65. The Morgan fingerprint density at radius 2 is 1.65 bits per heavy atom. The Labute approximate surface area is 153 Å². The first kappa shape index (κ1) is 18.8. The second-order valence-corrected chi connectivity index (χ2v) is 8.51. The molecule has 0 atom stereocenters. The summed E-state index contributed by atoms with van der Waals surface area (Å²) >= 11 is 0. The fourth-order valence-electron chi connectivity index (χ4n) is 3.85. The van der Waals surface area contributed by atoms with Gasteiger partial charge in [-0.1, -0.05) is 42.5 Å². The van der Waals surface area contributed by atoms with Crippen LogP contribution in [0.3, 0.4) is 0 Å². The minimum atomic E-state index is -3.92. The summed E-state index contributed by atoms with van der Waals surface area (Å²) in [6.07, 6.45) is 2.97. The summed E-state index contributed by atoms with van der Waals surface area (Å²) < 4.78 is 41.5. The average molecular weight is 375 g/mol. The molecule has 0 spiro atoms. The van der Waals surface area contributed by atoms with E-state index in [1.54, 1.807) is 12.1 Å². The summed E-state index contributed by atoms with van der Waals surface area (Å²) in [7, 11) is -3.92. The zero-order valence-electron chi connectivity index (χ0n) is 14.6. The fraction of sp³-hybridized carbons (Fsp3) is 0.300. The highest BCUT2D eigenvalue weighted by molar-refractivity contribution is 7.84. The molecular formula is C20H22FNO3S. The Morgan fingerprint density at radius 1 is 1.08 bits per heavy atom. The van der Waals surface area contributed by atoms with E-state index < -0.39 is 10.1 Å². The molecule has 3 heterocycles. The van der Waals surface area contributed by atoms with Gasteiger partial charge in [-0.3, -0.25) is 0 Å². The van der Waals surface area contributed by atoms with Crippen LogP contribution in [0.25, 0.3) is 5.57 Å². The molecule has 0 saturated carbocycles. The lowest BCUT2D eigenvalue weighted by atomic mass is 9.79. The van der Waals surface area contributed by atoms with Gasteiger partial charge in [0, 0.05) is 11.8 Å². The number of quaternary nitrogens is 1. The van der Waals surface area contributed by atoms with E-state index in [1.165, 1.54) is 34.3 Å². The van der Waals surface area contributed by atoms with Gasteiger partial charge in [0.2, 0.25) is 0 Å². The summed E-state index contributed by atoms with van der Waals surface area (Å²) in [5.41, 5.74) is 4.04. The van der Waals surface area contributed by atoms with Crippen LogP contribution in [-0.2, 0) is 16.7 Å². The van der Waals surface area contributed by atoms with Gasteiger partial charge in [0.25, 0.3) is 0 Å². The summed E-state index contributed by atoms with van der Waals surface area (Å²) in [6, 6.07) is 17.7. The van der Waals surface area contributed by atoms with Gasteiger partial charge in [0.15, 0.2) is 0 Å². The number of hydrogen-bond acceptors (Lipinski definition) is 3. The molecule has 2 bridgehead atoms. The van der Waals surface area contributed by atoms with Crippen molar-refractivity contribution in [1.82, 2.24) is 0 Å². The quantitative estimate of drug-likeness (QED) is 0.612. The molecule has 3 aliphatic rings. The first-order valence-electron chi connectivity index (χ1n) is 8.50. The van der Waals surface area contributed by atoms with Crippen molar-refractivity contribution in [3.63, 3.8) is 0 Å². The largest absolute Gasteiger partial charge is 0.748 e. The normalized spacial score (nSPS) is 24.0. The van der Waals surface area contributed by atoms with Gasteiger partial charge in [-0.15, -0.1) is 0 Å². The smallest absolute Gasteiger partial charge is 0.123 e. The highest BCUT2D eigenvalue weighted by Gasteiger charge is 2.48. The van der Waals surface area contributed by atoms with Gasteiger partial charge < -0.3 is 9.04 Å². The van der Waals surface area contributed by atoms with E-state index in [2.05, 4.69) is 36.4 Å². The van der Waals surface area contributed by atoms with Gasteiger partial charge in [-0.25, -0.2) is 12.8 Å². The topological polar surface area (TPSA) is 57.2 Å². The van der Waals surface area contributed by atoms with Crippen LogP contribution < -0.4 is 0 Å². The van der Waals surface area contributed by atoms with Gasteiger partial charge in [0.1, 0.15) is 12.4 Å². The van der Waals surface area contributed by atoms with Crippen LogP contribution in [0.4, 0.5) is 4.39 Å². The highest BCUT2D eigenvalue weighted by atomic mass is 32.2. The fourth-order valence-corrected chi connectivity index (χ4v) is 3.85. The Kier molecular flexibility index (Phi) is 5.27. The van der Waals surface area contributed by atoms with E-state index in [9.17, 15) is 4.39 Å². The van der Waals surface area contributed by atoms with Gasteiger partial charge >= 0.3 is 0 Å². The molecule has 2 aromatic carbocycles. The molecule has 3 aliphatic heterocycles. The molecule has 0 aromatic heterocycles. The minimum absolute atomic E-state index is 0.155. The van der Waals surface area contributed by atoms with Crippen molar-refractivity contribution in [3.05, 3.63) is 77.6 Å². The van der Waals surface area contributed by atoms with Crippen LogP contribution in [0.5, 0.6) is 0 Å². The third-order valence-corrected chi connectivity index (χ3v) is 4.89. The zero-order valence-corrected chi connectivity index (χ0v) is 15.5. The maximum atomic E-state index is 13.0. The van der Waals surface area contributed by atoms with E-state index in [0.29, 0.717) is 12.2 Å². The number of benzene rings is 2. The number of fused-ring (bicyclic) bond motifs is 1. The molecule has 4 nitrogen and oxygen atoms in total. The van der Waals surface area contributed by atoms with E-state index in [4.69, 9.17) is 13.0 Å². The van der Waals surface area contributed by atoms with Crippen molar-refractivity contribution in [2.45, 2.75) is 6.54 Å². The van der Waals surface area contributed by atoms with E-state index >= 15 is 0 Å². The van der Waals surface area contributed by atoms with Gasteiger partial charge in [-0.2, -0.15) is 0 Å². The number of rotatable bonds is 3. The van der Waals surface area contributed by atoms with Crippen molar-refractivity contribution in [2.75, 3.05) is 25.9 Å². The molecule has 0 unspecified atom stereocenters. The van der Waals surface area contributed by atoms with Crippen molar-refractivity contribution >= 4 is 15.7 Å². The SMILES string of the molecule is CS(=O)(=O)[O-].Fc1ccc(C2=CC[N+]3(Cc4ccccc4)CC2C3)cc1. The summed E-state index contributed by atoms with van der Waals surface area (Å²) in [6.45, 7) is 4.67. The molecule has 0 amide bonds. The molecule has 0 N–H and O–H groups in total. The summed E-state index contributed by atoms with van der Waals surface area (Å²) in [5, 5.41) is 0. The van der Waals surface area contributed by atoms with Crippen LogP contribution in [0, 0.1) is 11.7 Å². The standard InChI is InChI=1S/C19H19FN.CH4O3S/c20-18-8-6-16(7-9-18)19-10-11-21(13-17(19)14-21)12-15-4-2-1-3-5-15;1-5(2,3)4/h1-10,17H,11-14H2;1H3,(H,2,3,4)/q+1;/p-1. The number of hydrogen-bond donors (Lipinski definition) is 0. The maximum Gasteiger partial charge on any atom is 0.123 e. The molecule has 0 aliphatic carbocycles. The maximum absolute atomic E-state index is 13.0. The molecule has 1 saturated heterocycles. The first-order valence-corrected chi connectivity index (χ1v) is 10.3. The third-order valence-electron chi connectivity index (χ3n) is 4.89. The average Bonchev–Trinajstić information content (AvgIpc) is 2.55. The molecule has 2 aromatic rings. The minimum Gasteiger partial charge on any atom is -0.748 e. The highest BCUT2D eigenvalue weighted by Crippen LogP contribution is 2.42. The van der Waals surface area contributed by atoms with Gasteiger partial charge in [-0.05, 0) is 29.3 Å². The van der Waals surface area contributed by atoms with Crippen LogP contribution in [-0.4, -0.2) is 43.3 Å². The summed E-state index contributed by atoms with van der Waals surface area (Å²) in [4.78, 5) is 0. The predicted molar refractivity (Wildman–Crippen MR) is 98.5 cm³/mol. The van der Waals surface area contributed by atoms with E-state index in [1.807, 2.05) is 12.1 Å². The summed E-state index contributed by atoms with van der Waals surface area (Å²) in [5.74, 6) is 0.492. The predicted octanol–water partition coefficient (Wildman–Crippen LogP) is 3.03. The molecule has 1 fully saturated rings. The number of nitrogens with zero attached hydrogens (tertiary/aromatic N) is 1. The first-order chi connectivity index (χ1) is 12.2. The van der Waals surface area contributed by atoms with Gasteiger partial charge in [0.05, 0.1) is 35.7 Å². The number of halogens is 1. The van der Waals surface area contributed by atoms with Crippen molar-refractivity contribution in [2.24, 2.45) is 5.92 Å². The molecular weight excluding hydrogens is 353 g/mol.